The van der Waals surface area contributed by atoms with E-state index in [9.17, 15) is 23.1 Å². The van der Waals surface area contributed by atoms with Crippen molar-refractivity contribution in [2.24, 2.45) is 5.41 Å². The number of carboxylic acid groups (broad SMARTS) is 1. The second-order valence-corrected chi connectivity index (χ2v) is 10.1. The molecule has 3 aromatic carbocycles. The molecule has 0 aliphatic carbocycles. The summed E-state index contributed by atoms with van der Waals surface area (Å²) in [6, 6.07) is 18.3. The minimum atomic E-state index is -4.02. The molecule has 3 rings (SSSR count). The van der Waals surface area contributed by atoms with Crippen molar-refractivity contribution >= 4 is 38.5 Å². The van der Waals surface area contributed by atoms with E-state index in [0.717, 1.165) is 16.3 Å². The second kappa shape index (κ2) is 10.1. The molecule has 0 radical (unpaired) electrons. The van der Waals surface area contributed by atoms with Crippen LogP contribution in [0.25, 0.3) is 10.8 Å². The zero-order chi connectivity index (χ0) is 25.0. The van der Waals surface area contributed by atoms with Gasteiger partial charge in [0.05, 0.1) is 10.6 Å². The van der Waals surface area contributed by atoms with Gasteiger partial charge in [-0.1, -0.05) is 74.9 Å². The van der Waals surface area contributed by atoms with Crippen LogP contribution >= 0.6 is 0 Å². The summed E-state index contributed by atoms with van der Waals surface area (Å²) < 4.78 is 29.6. The largest absolute Gasteiger partial charge is 0.480 e. The summed E-state index contributed by atoms with van der Waals surface area (Å²) in [7, 11) is -4.02. The van der Waals surface area contributed by atoms with E-state index in [4.69, 9.17) is 4.55 Å². The zero-order valence-corrected chi connectivity index (χ0v) is 20.1. The van der Waals surface area contributed by atoms with E-state index in [1.165, 1.54) is 24.0 Å². The number of hydrogen-bond acceptors (Lipinski definition) is 4. The summed E-state index contributed by atoms with van der Waals surface area (Å²) in [5.74, 6) is -1.23. The Labute approximate surface area is 194 Å². The number of aliphatic carboxylic acids is 1. The van der Waals surface area contributed by atoms with Crippen LogP contribution in [0.4, 0.5) is 5.69 Å². The van der Waals surface area contributed by atoms with Crippen molar-refractivity contribution < 1.29 is 27.7 Å². The third-order valence-corrected chi connectivity index (χ3v) is 5.82. The third kappa shape index (κ3) is 6.63. The molecular formula is C25H29NO6S. The number of rotatable bonds is 4. The molecule has 0 heterocycles. The molecule has 2 N–H and O–H groups in total. The van der Waals surface area contributed by atoms with Crippen LogP contribution in [-0.4, -0.2) is 36.0 Å². The molecule has 0 aromatic heterocycles. The molecular weight excluding hydrogens is 442 g/mol. The van der Waals surface area contributed by atoms with E-state index in [0.29, 0.717) is 5.69 Å². The molecule has 0 bridgehead atoms. The van der Waals surface area contributed by atoms with E-state index in [-0.39, 0.29) is 10.8 Å². The molecule has 7 nitrogen and oxygen atoms in total. The van der Waals surface area contributed by atoms with Crippen molar-refractivity contribution in [3.8, 4) is 0 Å². The number of aryl methyl sites for hydroxylation is 1. The van der Waals surface area contributed by atoms with Crippen LogP contribution < -0.4 is 4.90 Å². The fourth-order valence-electron chi connectivity index (χ4n) is 3.09. The molecule has 3 aromatic rings. The molecule has 176 valence electrons. The summed E-state index contributed by atoms with van der Waals surface area (Å²) >= 11 is 0. The number of hydrogen-bond donors (Lipinski definition) is 2. The lowest BCUT2D eigenvalue weighted by Gasteiger charge is -2.33. The van der Waals surface area contributed by atoms with E-state index >= 15 is 0 Å². The Morgan fingerprint density at radius 2 is 1.45 bits per heavy atom. The summed E-state index contributed by atoms with van der Waals surface area (Å²) in [5.41, 5.74) is 0.922. The van der Waals surface area contributed by atoms with Gasteiger partial charge in [-0.15, -0.1) is 0 Å². The number of amides is 1. The van der Waals surface area contributed by atoms with Crippen LogP contribution in [0, 0.1) is 12.3 Å². The van der Waals surface area contributed by atoms with Crippen LogP contribution in [0.3, 0.4) is 0 Å². The fraction of sp³-hybridized carbons (Fsp3) is 0.280. The first kappa shape index (κ1) is 26.0. The van der Waals surface area contributed by atoms with Gasteiger partial charge in [-0.25, -0.2) is 4.79 Å². The summed E-state index contributed by atoms with van der Waals surface area (Å²) in [6.45, 7) is 8.76. The molecule has 33 heavy (non-hydrogen) atoms. The van der Waals surface area contributed by atoms with E-state index in [2.05, 4.69) is 0 Å². The maximum absolute atomic E-state index is 12.8. The Hall–Kier alpha value is -3.23. The Kier molecular flexibility index (Phi) is 8.00. The maximum atomic E-state index is 12.8. The highest BCUT2D eigenvalue weighted by atomic mass is 32.2. The lowest BCUT2D eigenvalue weighted by Crippen LogP contribution is -2.48. The number of carbonyl (C=O) groups is 2. The fourth-order valence-corrected chi connectivity index (χ4v) is 3.57. The average Bonchev–Trinajstić information content (AvgIpc) is 2.73. The van der Waals surface area contributed by atoms with E-state index in [1.807, 2.05) is 43.3 Å². The van der Waals surface area contributed by atoms with Gasteiger partial charge in [0.15, 0.2) is 0 Å². The monoisotopic (exact) mass is 471 g/mol. The molecule has 1 amide bonds. The van der Waals surface area contributed by atoms with Gasteiger partial charge in [-0.2, -0.15) is 8.42 Å². The van der Waals surface area contributed by atoms with Crippen LogP contribution in [0.2, 0.25) is 0 Å². The van der Waals surface area contributed by atoms with Gasteiger partial charge in [0, 0.05) is 10.8 Å². The number of anilines is 1. The van der Waals surface area contributed by atoms with Crippen molar-refractivity contribution in [3.63, 3.8) is 0 Å². The topological polar surface area (TPSA) is 112 Å². The lowest BCUT2D eigenvalue weighted by atomic mass is 9.93. The zero-order valence-electron chi connectivity index (χ0n) is 19.3. The number of nitrogens with zero attached hydrogens (tertiary/aromatic N) is 1. The van der Waals surface area contributed by atoms with Crippen molar-refractivity contribution in [2.45, 2.75) is 45.6 Å². The van der Waals surface area contributed by atoms with Crippen molar-refractivity contribution in [1.82, 2.24) is 0 Å². The predicted octanol–water partition coefficient (Wildman–Crippen LogP) is 4.93. The third-order valence-electron chi connectivity index (χ3n) is 4.95. The first-order chi connectivity index (χ1) is 15.2. The number of carboxylic acids is 1. The quantitative estimate of drug-likeness (QED) is 0.522. The van der Waals surface area contributed by atoms with Crippen molar-refractivity contribution in [3.05, 3.63) is 72.3 Å². The first-order valence-electron chi connectivity index (χ1n) is 10.3. The molecule has 0 aliphatic heterocycles. The highest BCUT2D eigenvalue weighted by Gasteiger charge is 2.34. The van der Waals surface area contributed by atoms with Gasteiger partial charge in [0.2, 0.25) is 5.91 Å². The minimum absolute atomic E-state index is 0.0666. The Balaban J connectivity index is 0.000000294. The molecule has 0 saturated heterocycles. The average molecular weight is 472 g/mol. The molecule has 0 fully saturated rings. The van der Waals surface area contributed by atoms with Crippen LogP contribution in [0.15, 0.2) is 71.6 Å². The van der Waals surface area contributed by atoms with Gasteiger partial charge in [-0.3, -0.25) is 14.2 Å². The Bertz CT molecular complexity index is 1240. The Morgan fingerprint density at radius 3 is 1.97 bits per heavy atom. The van der Waals surface area contributed by atoms with Gasteiger partial charge in [0.25, 0.3) is 10.1 Å². The molecule has 0 saturated carbocycles. The summed E-state index contributed by atoms with van der Waals surface area (Å²) in [5, 5.41) is 11.3. The van der Waals surface area contributed by atoms with E-state index in [1.54, 1.807) is 39.0 Å². The summed E-state index contributed by atoms with van der Waals surface area (Å²) in [4.78, 5) is 25.6. The molecule has 0 aliphatic rings. The number of fused-ring (bicyclic) bond motifs is 1. The van der Waals surface area contributed by atoms with Crippen molar-refractivity contribution in [1.29, 1.82) is 0 Å². The summed E-state index contributed by atoms with van der Waals surface area (Å²) in [6.07, 6.45) is 0. The van der Waals surface area contributed by atoms with Crippen molar-refractivity contribution in [2.75, 3.05) is 4.90 Å². The van der Waals surface area contributed by atoms with Gasteiger partial charge >= 0.3 is 5.97 Å². The first-order valence-corrected chi connectivity index (χ1v) is 11.8. The Morgan fingerprint density at radius 1 is 0.909 bits per heavy atom. The highest BCUT2D eigenvalue weighted by molar-refractivity contribution is 7.85. The van der Waals surface area contributed by atoms with Crippen LogP contribution in [0.5, 0.6) is 0 Å². The smallest absolute Gasteiger partial charge is 0.326 e. The number of carbonyl (C=O) groups excluding carboxylic acids is 1. The standard InChI is InChI=1S/C18H21NO3.C7H8O3S/c1-12(16(20)21)19(17(22)18(2,3)4)15-11-7-9-13-8-5-6-10-14(13)15;1-6-2-4-7(5-3-6)11(8,9)10/h5-12H,1-4H3,(H,20,21);2-5H,1H3,(H,8,9,10). The molecule has 8 heteroatoms. The number of benzene rings is 3. The second-order valence-electron chi connectivity index (χ2n) is 8.73. The molecule has 1 atom stereocenters. The SMILES string of the molecule is CC(C(=O)O)N(C(=O)C(C)(C)C)c1cccc2ccccc12.Cc1ccc(S(=O)(=O)O)cc1. The van der Waals surface area contributed by atoms with Crippen LogP contribution in [-0.2, 0) is 19.7 Å². The van der Waals surface area contributed by atoms with Gasteiger partial charge < -0.3 is 5.11 Å². The van der Waals surface area contributed by atoms with Gasteiger partial charge in [0.1, 0.15) is 6.04 Å². The normalized spacial score (nSPS) is 12.4. The molecule has 1 unspecified atom stereocenters. The van der Waals surface area contributed by atoms with Crippen LogP contribution in [0.1, 0.15) is 33.3 Å². The predicted molar refractivity (Wildman–Crippen MR) is 129 cm³/mol. The lowest BCUT2D eigenvalue weighted by molar-refractivity contribution is -0.140. The van der Waals surface area contributed by atoms with E-state index < -0.39 is 27.5 Å². The maximum Gasteiger partial charge on any atom is 0.326 e. The van der Waals surface area contributed by atoms with Gasteiger partial charge in [-0.05, 0) is 37.4 Å². The molecule has 0 spiro atoms. The minimum Gasteiger partial charge on any atom is -0.480 e. The highest BCUT2D eigenvalue weighted by Crippen LogP contribution is 2.31.